The predicted octanol–water partition coefficient (Wildman–Crippen LogP) is -0.731. The fourth-order valence-electron chi connectivity index (χ4n) is 1.20. The lowest BCUT2D eigenvalue weighted by Crippen LogP contribution is -2.43. The van der Waals surface area contributed by atoms with Gasteiger partial charge in [-0.25, -0.2) is 4.79 Å². The van der Waals surface area contributed by atoms with Crippen molar-refractivity contribution < 1.29 is 19.8 Å². The Kier molecular flexibility index (Phi) is 4.11. The van der Waals surface area contributed by atoms with Crippen molar-refractivity contribution in [1.82, 2.24) is 15.5 Å². The van der Waals surface area contributed by atoms with Crippen molar-refractivity contribution in [2.24, 2.45) is 0 Å². The van der Waals surface area contributed by atoms with Gasteiger partial charge in [-0.05, 0) is 19.9 Å². The number of hydrogen-bond acceptors (Lipinski definition) is 5. The van der Waals surface area contributed by atoms with Crippen molar-refractivity contribution in [3.8, 4) is 0 Å². The van der Waals surface area contributed by atoms with E-state index >= 15 is 0 Å². The minimum atomic E-state index is -1.32. The molecule has 1 aromatic rings. The number of rotatable bonds is 4. The number of hydrogen-bond donors (Lipinski definition) is 3. The number of carbonyl (C=O) groups excluding carboxylic acids is 1. The lowest BCUT2D eigenvalue weighted by molar-refractivity contribution is -0.140. The van der Waals surface area contributed by atoms with Crippen LogP contribution in [0, 0.1) is 13.8 Å². The normalized spacial score (nSPS) is 11.9. The zero-order valence-electron chi connectivity index (χ0n) is 9.47. The number of carboxylic acid groups (broad SMARTS) is 1. The van der Waals surface area contributed by atoms with Crippen LogP contribution in [-0.4, -0.2) is 44.9 Å². The molecule has 1 rings (SSSR count). The van der Waals surface area contributed by atoms with Gasteiger partial charge in [-0.1, -0.05) is 0 Å². The van der Waals surface area contributed by atoms with Gasteiger partial charge in [0.05, 0.1) is 23.6 Å². The molecule has 0 aliphatic rings. The van der Waals surface area contributed by atoms with Crippen molar-refractivity contribution in [1.29, 1.82) is 0 Å². The number of nitrogens with zero attached hydrogens (tertiary/aromatic N) is 2. The highest BCUT2D eigenvalue weighted by Gasteiger charge is 2.21. The smallest absolute Gasteiger partial charge is 0.328 e. The molecule has 0 bridgehead atoms. The number of aromatic nitrogens is 2. The first-order valence-corrected chi connectivity index (χ1v) is 4.91. The van der Waals surface area contributed by atoms with E-state index in [0.717, 1.165) is 0 Å². The van der Waals surface area contributed by atoms with Gasteiger partial charge in [0.15, 0.2) is 6.04 Å². The van der Waals surface area contributed by atoms with Gasteiger partial charge in [-0.15, -0.1) is 0 Å². The number of aliphatic carboxylic acids is 1. The molecule has 17 heavy (non-hydrogen) atoms. The van der Waals surface area contributed by atoms with E-state index in [1.54, 1.807) is 13.8 Å². The summed E-state index contributed by atoms with van der Waals surface area (Å²) in [5, 5.41) is 27.2. The van der Waals surface area contributed by atoms with E-state index in [1.165, 1.54) is 6.07 Å². The van der Waals surface area contributed by atoms with Crippen molar-refractivity contribution in [2.75, 3.05) is 6.61 Å². The van der Waals surface area contributed by atoms with Gasteiger partial charge in [0, 0.05) is 0 Å². The van der Waals surface area contributed by atoms with E-state index in [2.05, 4.69) is 15.5 Å². The molecular weight excluding hydrogens is 226 g/mol. The minimum Gasteiger partial charge on any atom is -0.480 e. The summed E-state index contributed by atoms with van der Waals surface area (Å²) >= 11 is 0. The first-order chi connectivity index (χ1) is 7.95. The third kappa shape index (κ3) is 3.22. The van der Waals surface area contributed by atoms with E-state index in [1.807, 2.05) is 0 Å². The van der Waals surface area contributed by atoms with E-state index in [-0.39, 0.29) is 5.56 Å². The Morgan fingerprint density at radius 1 is 1.41 bits per heavy atom. The Balaban J connectivity index is 2.89. The molecule has 1 aromatic heterocycles. The molecular formula is C10H13N3O4. The van der Waals surface area contributed by atoms with Gasteiger partial charge in [0.2, 0.25) is 0 Å². The summed E-state index contributed by atoms with van der Waals surface area (Å²) in [6.07, 6.45) is 0. The second-order valence-corrected chi connectivity index (χ2v) is 3.53. The highest BCUT2D eigenvalue weighted by Crippen LogP contribution is 2.05. The molecule has 92 valence electrons. The molecule has 0 saturated carbocycles. The molecule has 0 unspecified atom stereocenters. The van der Waals surface area contributed by atoms with Crippen LogP contribution in [0.25, 0.3) is 0 Å². The topological polar surface area (TPSA) is 112 Å². The standard InChI is InChI=1S/C10H13N3O4/c1-5-3-7(6(2)13-12-5)9(15)11-8(4-14)10(16)17/h3,8,14H,4H2,1-2H3,(H,11,15)(H,16,17)/t8-/m0/s1. The molecule has 0 aromatic carbocycles. The zero-order valence-corrected chi connectivity index (χ0v) is 9.47. The molecule has 0 saturated heterocycles. The number of amides is 1. The quantitative estimate of drug-likeness (QED) is 0.638. The maximum absolute atomic E-state index is 11.7. The highest BCUT2D eigenvalue weighted by molar-refractivity contribution is 5.97. The van der Waals surface area contributed by atoms with Crippen LogP contribution in [0.2, 0.25) is 0 Å². The Hall–Kier alpha value is -2.02. The molecule has 0 spiro atoms. The van der Waals surface area contributed by atoms with Gasteiger partial charge in [-0.2, -0.15) is 10.2 Å². The molecule has 0 aliphatic carbocycles. The highest BCUT2D eigenvalue weighted by atomic mass is 16.4. The SMILES string of the molecule is Cc1cc(C(=O)N[C@@H](CO)C(=O)O)c(C)nn1. The lowest BCUT2D eigenvalue weighted by Gasteiger charge is -2.12. The van der Waals surface area contributed by atoms with Crippen molar-refractivity contribution in [2.45, 2.75) is 19.9 Å². The summed E-state index contributed by atoms with van der Waals surface area (Å²) in [4.78, 5) is 22.4. The molecule has 1 heterocycles. The zero-order chi connectivity index (χ0) is 13.0. The van der Waals surface area contributed by atoms with Gasteiger partial charge in [-0.3, -0.25) is 4.79 Å². The fourth-order valence-corrected chi connectivity index (χ4v) is 1.20. The van der Waals surface area contributed by atoms with Crippen LogP contribution >= 0.6 is 0 Å². The van der Waals surface area contributed by atoms with Crippen molar-refractivity contribution in [3.63, 3.8) is 0 Å². The van der Waals surface area contributed by atoms with Crippen molar-refractivity contribution in [3.05, 3.63) is 23.0 Å². The first-order valence-electron chi connectivity index (χ1n) is 4.91. The minimum absolute atomic E-state index is 0.247. The van der Waals surface area contributed by atoms with Crippen LogP contribution in [0.3, 0.4) is 0 Å². The van der Waals surface area contributed by atoms with Gasteiger partial charge in [0.25, 0.3) is 5.91 Å². The summed E-state index contributed by atoms with van der Waals surface area (Å²) in [5.74, 6) is -1.89. The van der Waals surface area contributed by atoms with Crippen molar-refractivity contribution >= 4 is 11.9 Å². The largest absolute Gasteiger partial charge is 0.480 e. The second-order valence-electron chi connectivity index (χ2n) is 3.53. The summed E-state index contributed by atoms with van der Waals surface area (Å²) in [5.41, 5.74) is 1.20. The summed E-state index contributed by atoms with van der Waals surface area (Å²) in [6.45, 7) is 2.59. The van der Waals surface area contributed by atoms with Crippen LogP contribution in [0.4, 0.5) is 0 Å². The second kappa shape index (κ2) is 5.35. The molecule has 1 atom stereocenters. The molecule has 0 radical (unpaired) electrons. The van der Waals surface area contributed by atoms with Crippen LogP contribution < -0.4 is 5.32 Å². The number of aliphatic hydroxyl groups excluding tert-OH is 1. The Bertz CT molecular complexity index is 447. The summed E-state index contributed by atoms with van der Waals surface area (Å²) in [6, 6.07) is 0.184. The number of carboxylic acids is 1. The molecule has 7 nitrogen and oxygen atoms in total. The molecule has 7 heteroatoms. The Morgan fingerprint density at radius 2 is 2.06 bits per heavy atom. The van der Waals surface area contributed by atoms with Crippen LogP contribution in [-0.2, 0) is 4.79 Å². The maximum Gasteiger partial charge on any atom is 0.328 e. The van der Waals surface area contributed by atoms with Gasteiger partial charge < -0.3 is 15.5 Å². The number of nitrogens with one attached hydrogen (secondary N) is 1. The first kappa shape index (κ1) is 13.0. The van der Waals surface area contributed by atoms with E-state index in [4.69, 9.17) is 10.2 Å². The van der Waals surface area contributed by atoms with E-state index < -0.39 is 24.5 Å². The molecule has 1 amide bonds. The van der Waals surface area contributed by atoms with E-state index in [9.17, 15) is 9.59 Å². The van der Waals surface area contributed by atoms with Gasteiger partial charge in [0.1, 0.15) is 0 Å². The number of aliphatic hydroxyl groups is 1. The molecule has 0 fully saturated rings. The van der Waals surface area contributed by atoms with Gasteiger partial charge >= 0.3 is 5.97 Å². The Morgan fingerprint density at radius 3 is 2.59 bits per heavy atom. The summed E-state index contributed by atoms with van der Waals surface area (Å²) in [7, 11) is 0. The predicted molar refractivity (Wildman–Crippen MR) is 57.5 cm³/mol. The fraction of sp³-hybridized carbons (Fsp3) is 0.400. The monoisotopic (exact) mass is 239 g/mol. The molecule has 3 N–H and O–H groups in total. The van der Waals surface area contributed by atoms with Crippen LogP contribution in [0.1, 0.15) is 21.7 Å². The van der Waals surface area contributed by atoms with Crippen LogP contribution in [0.5, 0.6) is 0 Å². The maximum atomic E-state index is 11.7. The third-order valence-corrected chi connectivity index (χ3v) is 2.13. The average Bonchev–Trinajstić information content (AvgIpc) is 2.28. The lowest BCUT2D eigenvalue weighted by atomic mass is 10.1. The average molecular weight is 239 g/mol. The van der Waals surface area contributed by atoms with E-state index in [0.29, 0.717) is 11.4 Å². The Labute approximate surface area is 97.5 Å². The number of aryl methyl sites for hydroxylation is 2. The molecule has 0 aliphatic heterocycles. The summed E-state index contributed by atoms with van der Waals surface area (Å²) < 4.78 is 0. The third-order valence-electron chi connectivity index (χ3n) is 2.13. The van der Waals surface area contributed by atoms with Crippen LogP contribution in [0.15, 0.2) is 6.07 Å². The number of carbonyl (C=O) groups is 2.